The zero-order valence-electron chi connectivity index (χ0n) is 37.8. The van der Waals surface area contributed by atoms with E-state index in [0.29, 0.717) is 12.0 Å². The zero-order chi connectivity index (χ0) is 47.5. The Morgan fingerprint density at radius 2 is 1.38 bits per heavy atom. The van der Waals surface area contributed by atoms with Gasteiger partial charge in [-0.1, -0.05) is 90.4 Å². The summed E-state index contributed by atoms with van der Waals surface area (Å²) in [5.41, 5.74) is 1.25. The van der Waals surface area contributed by atoms with Crippen molar-refractivity contribution in [2.24, 2.45) is 5.92 Å². The van der Waals surface area contributed by atoms with E-state index in [0.717, 1.165) is 15.6 Å². The summed E-state index contributed by atoms with van der Waals surface area (Å²) in [4.78, 5) is 79.7. The highest BCUT2D eigenvalue weighted by Crippen LogP contribution is 2.39. The van der Waals surface area contributed by atoms with Gasteiger partial charge < -0.3 is 54.4 Å². The summed E-state index contributed by atoms with van der Waals surface area (Å²) in [7, 11) is 1.24. The van der Waals surface area contributed by atoms with Gasteiger partial charge in [0.05, 0.1) is 19.6 Å². The van der Waals surface area contributed by atoms with Gasteiger partial charge in [0.25, 0.3) is 0 Å². The summed E-state index contributed by atoms with van der Waals surface area (Å²) in [5, 5.41) is 11.0. The molecule has 352 valence electrons. The summed E-state index contributed by atoms with van der Waals surface area (Å²) >= 11 is 3.42. The van der Waals surface area contributed by atoms with Crippen LogP contribution in [0, 0.1) is 5.92 Å². The molecule has 65 heavy (non-hydrogen) atoms. The van der Waals surface area contributed by atoms with Crippen LogP contribution in [0.2, 0.25) is 0 Å². The third kappa shape index (κ3) is 15.5. The quantitative estimate of drug-likeness (QED) is 0.0677. The molecule has 0 aromatic heterocycles. The molecule has 4 amide bonds. The van der Waals surface area contributed by atoms with Gasteiger partial charge in [-0.15, -0.1) is 0 Å². The first-order chi connectivity index (χ1) is 30.7. The highest BCUT2D eigenvalue weighted by atomic mass is 79.9. The molecule has 2 saturated heterocycles. The van der Waals surface area contributed by atoms with Crippen LogP contribution < -0.4 is 26.0 Å². The number of alkyl carbamates (subject to hydrolysis) is 1. The van der Waals surface area contributed by atoms with E-state index in [-0.39, 0.29) is 37.5 Å². The Hall–Kier alpha value is -5.56. The van der Waals surface area contributed by atoms with Crippen molar-refractivity contribution in [3.8, 4) is 5.75 Å². The second-order valence-corrected chi connectivity index (χ2v) is 18.5. The third-order valence-electron chi connectivity index (χ3n) is 10.1. The molecule has 2 fully saturated rings. The largest absolute Gasteiger partial charge is 0.514 e. The van der Waals surface area contributed by atoms with E-state index < -0.39 is 90.0 Å². The Morgan fingerprint density at radius 3 is 2.02 bits per heavy atom. The van der Waals surface area contributed by atoms with Crippen LogP contribution in [-0.4, -0.2) is 97.1 Å². The molecule has 17 nitrogen and oxygen atoms in total. The molecule has 0 bridgehead atoms. The predicted molar refractivity (Wildman–Crippen MR) is 239 cm³/mol. The predicted octanol–water partition coefficient (Wildman–Crippen LogP) is 5.78. The van der Waals surface area contributed by atoms with Crippen molar-refractivity contribution in [3.63, 3.8) is 0 Å². The van der Waals surface area contributed by atoms with E-state index in [1.165, 1.54) is 19.2 Å². The van der Waals surface area contributed by atoms with Crippen molar-refractivity contribution in [3.05, 3.63) is 100 Å². The van der Waals surface area contributed by atoms with Gasteiger partial charge in [-0.2, -0.15) is 0 Å². The van der Waals surface area contributed by atoms with Crippen LogP contribution in [0.5, 0.6) is 5.75 Å². The molecule has 3 aromatic rings. The normalized spacial score (nSPS) is 20.0. The molecule has 0 unspecified atom stereocenters. The van der Waals surface area contributed by atoms with Gasteiger partial charge in [-0.3, -0.25) is 14.4 Å². The van der Waals surface area contributed by atoms with Gasteiger partial charge in [0.1, 0.15) is 48.3 Å². The van der Waals surface area contributed by atoms with Crippen LogP contribution in [0.15, 0.2) is 83.3 Å². The Balaban J connectivity index is 1.27. The minimum Gasteiger partial charge on any atom is -0.467 e. The van der Waals surface area contributed by atoms with Crippen molar-refractivity contribution in [2.75, 3.05) is 7.11 Å². The van der Waals surface area contributed by atoms with E-state index in [9.17, 15) is 28.8 Å². The molecule has 7 atom stereocenters. The van der Waals surface area contributed by atoms with Crippen molar-refractivity contribution in [2.45, 2.75) is 135 Å². The van der Waals surface area contributed by atoms with Crippen molar-refractivity contribution < 1.29 is 61.9 Å². The average Bonchev–Trinajstić information content (AvgIpc) is 3.71. The first-order valence-electron chi connectivity index (χ1n) is 21.4. The van der Waals surface area contributed by atoms with Gasteiger partial charge in [0.15, 0.2) is 12.0 Å². The van der Waals surface area contributed by atoms with Crippen LogP contribution in [0.25, 0.3) is 0 Å². The molecular weight excluding hydrogens is 908 g/mol. The number of methoxy groups -OCH3 is 1. The van der Waals surface area contributed by atoms with Crippen LogP contribution in [-0.2, 0) is 67.0 Å². The molecule has 0 saturated carbocycles. The number of nitrogens with one attached hydrogen (secondary N) is 4. The molecule has 0 aliphatic carbocycles. The molecule has 0 spiro atoms. The summed E-state index contributed by atoms with van der Waals surface area (Å²) in [6.45, 7) is 12.3. The fourth-order valence-electron chi connectivity index (χ4n) is 7.26. The summed E-state index contributed by atoms with van der Waals surface area (Å²) in [6, 6.07) is 19.5. The first-order valence-corrected chi connectivity index (χ1v) is 22.2. The van der Waals surface area contributed by atoms with Crippen LogP contribution in [0.1, 0.15) is 78.0 Å². The monoisotopic (exact) mass is 966 g/mol. The van der Waals surface area contributed by atoms with E-state index in [2.05, 4.69) is 37.2 Å². The average molecular weight is 968 g/mol. The van der Waals surface area contributed by atoms with Gasteiger partial charge in [-0.05, 0) is 76.3 Å². The summed E-state index contributed by atoms with van der Waals surface area (Å²) in [6.07, 6.45) is -5.37. The number of hydrogen-bond acceptors (Lipinski definition) is 13. The smallest absolute Gasteiger partial charge is 0.467 e. The lowest BCUT2D eigenvalue weighted by atomic mass is 10.0. The van der Waals surface area contributed by atoms with Gasteiger partial charge >= 0.3 is 18.2 Å². The van der Waals surface area contributed by atoms with E-state index in [1.54, 1.807) is 52.8 Å². The topological polar surface area (TPSA) is 215 Å². The van der Waals surface area contributed by atoms with Crippen LogP contribution >= 0.6 is 15.9 Å². The Morgan fingerprint density at radius 1 is 0.769 bits per heavy atom. The van der Waals surface area contributed by atoms with Crippen LogP contribution in [0.3, 0.4) is 0 Å². The number of carbonyl (C=O) groups excluding carboxylic acids is 6. The van der Waals surface area contributed by atoms with Crippen molar-refractivity contribution in [1.29, 1.82) is 0 Å². The molecule has 2 aliphatic heterocycles. The highest BCUT2D eigenvalue weighted by Gasteiger charge is 2.56. The number of carbonyl (C=O) groups is 6. The number of benzene rings is 3. The second kappa shape index (κ2) is 22.6. The maximum absolute atomic E-state index is 14.1. The van der Waals surface area contributed by atoms with E-state index in [4.69, 9.17) is 33.2 Å². The lowest BCUT2D eigenvalue weighted by Crippen LogP contribution is -2.54. The number of rotatable bonds is 18. The number of ether oxygens (including phenoxy) is 7. The number of amides is 4. The zero-order valence-corrected chi connectivity index (χ0v) is 39.4. The van der Waals surface area contributed by atoms with Crippen molar-refractivity contribution in [1.82, 2.24) is 21.3 Å². The molecule has 2 aliphatic rings. The number of esters is 1. The molecule has 4 N–H and O–H groups in total. The summed E-state index contributed by atoms with van der Waals surface area (Å²) in [5.74, 6) is -3.26. The maximum Gasteiger partial charge on any atom is 0.514 e. The van der Waals surface area contributed by atoms with Crippen LogP contribution in [0.4, 0.5) is 9.59 Å². The number of hydrogen-bond donors (Lipinski definition) is 4. The highest BCUT2D eigenvalue weighted by molar-refractivity contribution is 9.10. The molecule has 18 heteroatoms. The van der Waals surface area contributed by atoms with Crippen molar-refractivity contribution >= 4 is 51.9 Å². The molecule has 5 rings (SSSR count). The lowest BCUT2D eigenvalue weighted by Gasteiger charge is -2.27. The lowest BCUT2D eigenvalue weighted by molar-refractivity contribution is -0.192. The van der Waals surface area contributed by atoms with E-state index >= 15 is 0 Å². The Kier molecular flexibility index (Phi) is 17.5. The maximum atomic E-state index is 14.1. The standard InChI is InChI=1S/C47H59BrN4O13/c1-27(2)22-35(43(56)59-8)50-40(54)33(23-28-14-10-9-11-15-28)49-37(53)25-36-38-39(64-47(6,7)63-38)42(62-36)52-41(55)34(51-44(57)65-46(3,4)5)24-29-18-20-31(21-19-29)61-45(58)60-26-30-16-12-13-17-32(30)48/h9-21,27,33-36,38-39,42H,22-26H2,1-8H3,(H,49,53)(H,50,54)(H,51,57)(H,52,55)/t33-,34-,35-,36-,38-,39-,42+/m0/s1. The Bertz CT molecular complexity index is 2130. The fraction of sp³-hybridized carbons (Fsp3) is 0.489. The SMILES string of the molecule is COC(=O)[C@H](CC(C)C)NC(=O)[C@H](Cc1ccccc1)NC(=O)C[C@@H]1O[C@@H](NC(=O)[C@H](Cc2ccc(OC(=O)OCc3ccccc3Br)cc2)NC(=O)OC(C)(C)C)[C@H]2OC(C)(C)O[C@H]21. The number of fused-ring (bicyclic) bond motifs is 1. The molecule has 3 aromatic carbocycles. The molecular formula is C47H59BrN4O13. The fourth-order valence-corrected chi connectivity index (χ4v) is 7.66. The minimum atomic E-state index is -1.20. The van der Waals surface area contributed by atoms with Gasteiger partial charge in [0, 0.05) is 22.9 Å². The van der Waals surface area contributed by atoms with Gasteiger partial charge in [0.2, 0.25) is 17.7 Å². The Labute approximate surface area is 387 Å². The first kappa shape index (κ1) is 50.4. The third-order valence-corrected chi connectivity index (χ3v) is 10.9. The number of halogens is 1. The van der Waals surface area contributed by atoms with Gasteiger partial charge in [-0.25, -0.2) is 14.4 Å². The minimum absolute atomic E-state index is 0.00684. The molecule has 0 radical (unpaired) electrons. The summed E-state index contributed by atoms with van der Waals surface area (Å²) < 4.78 is 40.4. The van der Waals surface area contributed by atoms with E-state index in [1.807, 2.05) is 62.4 Å². The second-order valence-electron chi connectivity index (χ2n) is 17.7. The molecule has 2 heterocycles.